The summed E-state index contributed by atoms with van der Waals surface area (Å²) < 4.78 is 13.0. The highest BCUT2D eigenvalue weighted by atomic mass is 35.5. The minimum Gasteiger partial charge on any atom is -0.381 e. The van der Waals surface area contributed by atoms with Crippen molar-refractivity contribution >= 4 is 40.1 Å². The number of nitrogens with zero attached hydrogens (tertiary/aromatic N) is 5. The lowest BCUT2D eigenvalue weighted by Crippen LogP contribution is -2.51. The Morgan fingerprint density at radius 3 is 2.76 bits per heavy atom. The molecular weight excluding hydrogens is 524 g/mol. The van der Waals surface area contributed by atoms with Crippen molar-refractivity contribution < 1.29 is 9.47 Å². The summed E-state index contributed by atoms with van der Waals surface area (Å²) in [6.07, 6.45) is 9.73. The third-order valence-corrected chi connectivity index (χ3v) is 9.63. The van der Waals surface area contributed by atoms with Crippen LogP contribution in [-0.2, 0) is 16.0 Å². The maximum absolute atomic E-state index is 13.2. The monoisotopic (exact) mass is 554 g/mol. The molecule has 1 spiro atoms. The minimum absolute atomic E-state index is 0.00368. The van der Waals surface area contributed by atoms with Gasteiger partial charge < -0.3 is 20.1 Å². The zero-order valence-corrected chi connectivity index (χ0v) is 22.7. The quantitative estimate of drug-likeness (QED) is 0.458. The summed E-state index contributed by atoms with van der Waals surface area (Å²) in [5.74, 6) is 1.15. The van der Waals surface area contributed by atoms with Crippen molar-refractivity contribution in [1.29, 1.82) is 0 Å². The Morgan fingerprint density at radius 2 is 2.08 bits per heavy atom. The summed E-state index contributed by atoms with van der Waals surface area (Å²) in [7, 11) is 0. The first-order valence-electron chi connectivity index (χ1n) is 13.0. The Labute approximate surface area is 230 Å². The van der Waals surface area contributed by atoms with Gasteiger partial charge in [0.1, 0.15) is 10.8 Å². The van der Waals surface area contributed by atoms with E-state index in [9.17, 15) is 4.79 Å². The number of nitrogens with two attached hydrogens (primary N) is 1. The number of piperidine rings is 1. The number of hydrogen-bond donors (Lipinski definition) is 1. The topological polar surface area (TPSA) is 108 Å². The molecule has 11 heteroatoms. The lowest BCUT2D eigenvalue weighted by Gasteiger charge is -2.41. The third-order valence-electron chi connectivity index (χ3n) is 8.14. The van der Waals surface area contributed by atoms with E-state index in [-0.39, 0.29) is 23.1 Å². The molecule has 1 unspecified atom stereocenters. The Bertz CT molecular complexity index is 1390. The number of rotatable bonds is 6. The maximum Gasteiger partial charge on any atom is 0.262 e. The van der Waals surface area contributed by atoms with E-state index in [2.05, 4.69) is 26.4 Å². The molecule has 200 valence electrons. The molecule has 2 aromatic heterocycles. The molecular formula is C27H31ClN6O3S. The summed E-state index contributed by atoms with van der Waals surface area (Å²) >= 11 is 8.14. The van der Waals surface area contributed by atoms with Gasteiger partial charge in [-0.2, -0.15) is 0 Å². The molecule has 6 rings (SSSR count). The first kappa shape index (κ1) is 25.8. The molecule has 0 bridgehead atoms. The summed E-state index contributed by atoms with van der Waals surface area (Å²) in [4.78, 5) is 30.0. The number of benzene rings is 1. The van der Waals surface area contributed by atoms with Gasteiger partial charge in [-0.1, -0.05) is 29.4 Å². The molecule has 3 saturated heterocycles. The first-order valence-corrected chi connectivity index (χ1v) is 14.2. The molecule has 3 aromatic rings. The summed E-state index contributed by atoms with van der Waals surface area (Å²) in [6, 6.07) is 3.68. The highest BCUT2D eigenvalue weighted by Gasteiger charge is 2.48. The van der Waals surface area contributed by atoms with Crippen LogP contribution in [0.5, 0.6) is 0 Å². The van der Waals surface area contributed by atoms with Gasteiger partial charge in [0.05, 0.1) is 54.0 Å². The largest absolute Gasteiger partial charge is 0.381 e. The lowest BCUT2D eigenvalue weighted by molar-refractivity contribution is 0.109. The van der Waals surface area contributed by atoms with Crippen LogP contribution in [0.25, 0.3) is 10.9 Å². The smallest absolute Gasteiger partial charge is 0.262 e. The van der Waals surface area contributed by atoms with E-state index in [1.54, 1.807) is 23.3 Å². The molecule has 3 aliphatic rings. The van der Waals surface area contributed by atoms with Gasteiger partial charge in [0.2, 0.25) is 0 Å². The summed E-state index contributed by atoms with van der Waals surface area (Å²) in [6.45, 7) is 8.22. The zero-order chi connectivity index (χ0) is 26.3. The van der Waals surface area contributed by atoms with Crippen LogP contribution in [0.2, 0.25) is 5.02 Å². The molecule has 3 fully saturated rings. The van der Waals surface area contributed by atoms with E-state index in [0.717, 1.165) is 49.7 Å². The van der Waals surface area contributed by atoms with Gasteiger partial charge in [0, 0.05) is 48.5 Å². The van der Waals surface area contributed by atoms with E-state index < -0.39 is 0 Å². The average Bonchev–Trinajstić information content (AvgIpc) is 3.56. The fourth-order valence-corrected chi connectivity index (χ4v) is 6.84. The highest BCUT2D eigenvalue weighted by molar-refractivity contribution is 7.99. The fraction of sp³-hybridized carbons (Fsp3) is 0.481. The van der Waals surface area contributed by atoms with Gasteiger partial charge in [-0.25, -0.2) is 15.0 Å². The number of hydrogen-bond acceptors (Lipinski definition) is 9. The Morgan fingerprint density at radius 1 is 1.24 bits per heavy atom. The average molecular weight is 555 g/mol. The van der Waals surface area contributed by atoms with Gasteiger partial charge >= 0.3 is 0 Å². The number of fused-ring (bicyclic) bond motifs is 1. The molecule has 2 N–H and O–H groups in total. The van der Waals surface area contributed by atoms with Crippen LogP contribution >= 0.6 is 23.4 Å². The number of ether oxygens (including phenoxy) is 2. The van der Waals surface area contributed by atoms with Crippen molar-refractivity contribution in [2.75, 3.05) is 37.8 Å². The van der Waals surface area contributed by atoms with Crippen LogP contribution in [0.3, 0.4) is 0 Å². The second-order valence-corrected chi connectivity index (χ2v) is 11.8. The summed E-state index contributed by atoms with van der Waals surface area (Å²) in [5, 5.41) is 1.52. The second kappa shape index (κ2) is 10.6. The van der Waals surface area contributed by atoms with Crippen molar-refractivity contribution in [2.24, 2.45) is 17.1 Å². The fourth-order valence-electron chi connectivity index (χ4n) is 5.72. The summed E-state index contributed by atoms with van der Waals surface area (Å²) in [5.41, 5.74) is 6.94. The van der Waals surface area contributed by atoms with Crippen molar-refractivity contribution in [1.82, 2.24) is 19.5 Å². The predicted molar refractivity (Wildman–Crippen MR) is 148 cm³/mol. The van der Waals surface area contributed by atoms with Crippen LogP contribution in [0.4, 0.5) is 5.82 Å². The van der Waals surface area contributed by atoms with Gasteiger partial charge in [-0.05, 0) is 31.4 Å². The third kappa shape index (κ3) is 4.73. The molecule has 38 heavy (non-hydrogen) atoms. The number of anilines is 1. The van der Waals surface area contributed by atoms with Crippen LogP contribution < -0.4 is 16.2 Å². The van der Waals surface area contributed by atoms with Crippen molar-refractivity contribution in [3.8, 4) is 0 Å². The molecule has 9 nitrogen and oxygen atoms in total. The van der Waals surface area contributed by atoms with Crippen LogP contribution in [-0.4, -0.2) is 64.6 Å². The molecule has 0 aliphatic carbocycles. The zero-order valence-electron chi connectivity index (χ0n) is 21.1. The molecule has 0 radical (unpaired) electrons. The minimum atomic E-state index is -0.134. The number of halogens is 1. The second-order valence-electron chi connectivity index (χ2n) is 10.4. The molecule has 1 aromatic carbocycles. The van der Waals surface area contributed by atoms with Gasteiger partial charge in [0.15, 0.2) is 0 Å². The Hall–Kier alpha value is -2.50. The Kier molecular flexibility index (Phi) is 7.17. The molecule has 0 amide bonds. The standard InChI is InChI=1S/C27H31ClN6O3S/c1-2-19-25(29)27(15-37-19)6-8-33(9-7-27)21-11-31-22(12-30-21)38-20-4-3-18-23(24(20)28)26(35)34(16-32-18)13-17-5-10-36-14-17/h2-4,11-12,16-17,19,25H,1,5-10,13-15,29H2/t17?,19-,25+/m0/s1. The van der Waals surface area contributed by atoms with E-state index in [1.165, 1.54) is 11.8 Å². The van der Waals surface area contributed by atoms with Crippen molar-refractivity contribution in [2.45, 2.75) is 47.9 Å². The van der Waals surface area contributed by atoms with E-state index in [0.29, 0.717) is 46.6 Å². The van der Waals surface area contributed by atoms with E-state index in [4.69, 9.17) is 26.8 Å². The SMILES string of the molecule is C=C[C@@H]1OCC2(CCN(c3cnc(Sc4ccc5ncn(CC6CCOC6)c(=O)c5c4Cl)cn3)CC2)[C@@H]1N. The predicted octanol–water partition coefficient (Wildman–Crippen LogP) is 3.53. The van der Waals surface area contributed by atoms with E-state index >= 15 is 0 Å². The van der Waals surface area contributed by atoms with Crippen LogP contribution in [0, 0.1) is 11.3 Å². The first-order chi connectivity index (χ1) is 18.5. The normalized spacial score (nSPS) is 24.9. The lowest BCUT2D eigenvalue weighted by atomic mass is 9.73. The molecule has 3 aliphatic heterocycles. The van der Waals surface area contributed by atoms with Crippen LogP contribution in [0.15, 0.2) is 58.2 Å². The van der Waals surface area contributed by atoms with Crippen molar-refractivity contribution in [3.63, 3.8) is 0 Å². The maximum atomic E-state index is 13.2. The van der Waals surface area contributed by atoms with Gasteiger partial charge in [-0.15, -0.1) is 6.58 Å². The molecule has 0 saturated carbocycles. The van der Waals surface area contributed by atoms with E-state index in [1.807, 2.05) is 18.2 Å². The Balaban J connectivity index is 1.15. The number of aromatic nitrogens is 4. The van der Waals surface area contributed by atoms with Crippen molar-refractivity contribution in [3.05, 3.63) is 58.9 Å². The molecule has 3 atom stereocenters. The van der Waals surface area contributed by atoms with Crippen LogP contribution in [0.1, 0.15) is 19.3 Å². The highest BCUT2D eigenvalue weighted by Crippen LogP contribution is 2.42. The van der Waals surface area contributed by atoms with Gasteiger partial charge in [-0.3, -0.25) is 9.36 Å². The van der Waals surface area contributed by atoms with Gasteiger partial charge in [0.25, 0.3) is 5.56 Å². The molecule has 5 heterocycles.